The van der Waals surface area contributed by atoms with E-state index in [0.29, 0.717) is 10.7 Å². The molecule has 3 rings (SSSR count). The number of pyridine rings is 1. The highest BCUT2D eigenvalue weighted by Gasteiger charge is 2.15. The first-order valence-corrected chi connectivity index (χ1v) is 8.03. The average molecular weight is 322 g/mol. The number of aromatic nitrogens is 2. The third-order valence-corrected chi connectivity index (χ3v) is 4.88. The van der Waals surface area contributed by atoms with Gasteiger partial charge in [-0.3, -0.25) is 4.72 Å². The Kier molecular flexibility index (Phi) is 3.35. The number of sulfonamides is 1. The Morgan fingerprint density at radius 3 is 2.81 bits per heavy atom. The number of fused-ring (bicyclic) bond motifs is 1. The van der Waals surface area contributed by atoms with Gasteiger partial charge in [-0.2, -0.15) is 0 Å². The van der Waals surface area contributed by atoms with Gasteiger partial charge in [0.1, 0.15) is 5.65 Å². The molecule has 0 spiro atoms. The molecular weight excluding hydrogens is 310 g/mol. The summed E-state index contributed by atoms with van der Waals surface area (Å²) >= 11 is 5.98. The van der Waals surface area contributed by atoms with E-state index < -0.39 is 10.0 Å². The van der Waals surface area contributed by atoms with Crippen LogP contribution in [0.2, 0.25) is 5.02 Å². The first-order chi connectivity index (χ1) is 9.95. The number of benzene rings is 1. The van der Waals surface area contributed by atoms with Crippen molar-refractivity contribution in [1.82, 2.24) is 9.38 Å². The molecule has 0 aliphatic rings. The summed E-state index contributed by atoms with van der Waals surface area (Å²) in [6.45, 7) is 1.82. The van der Waals surface area contributed by atoms with Gasteiger partial charge in [0, 0.05) is 23.6 Å². The number of hydrogen-bond donors (Lipinski definition) is 1. The van der Waals surface area contributed by atoms with E-state index in [9.17, 15) is 8.42 Å². The van der Waals surface area contributed by atoms with Crippen LogP contribution in [-0.4, -0.2) is 17.8 Å². The number of anilines is 1. The highest BCUT2D eigenvalue weighted by atomic mass is 35.5. The van der Waals surface area contributed by atoms with Crippen LogP contribution in [0.3, 0.4) is 0 Å². The molecule has 0 fully saturated rings. The molecule has 0 saturated carbocycles. The monoisotopic (exact) mass is 321 g/mol. The van der Waals surface area contributed by atoms with Crippen molar-refractivity contribution in [3.63, 3.8) is 0 Å². The van der Waals surface area contributed by atoms with Crippen LogP contribution in [0.4, 0.5) is 5.69 Å². The largest absolute Gasteiger partial charge is 0.305 e. The predicted octanol–water partition coefficient (Wildman–Crippen LogP) is 3.10. The van der Waals surface area contributed by atoms with Gasteiger partial charge in [0.15, 0.2) is 0 Å². The van der Waals surface area contributed by atoms with Crippen molar-refractivity contribution in [2.24, 2.45) is 0 Å². The van der Waals surface area contributed by atoms with Gasteiger partial charge in [0.25, 0.3) is 10.0 Å². The van der Waals surface area contributed by atoms with Crippen molar-refractivity contribution < 1.29 is 8.42 Å². The van der Waals surface area contributed by atoms with Crippen molar-refractivity contribution in [1.29, 1.82) is 0 Å². The van der Waals surface area contributed by atoms with E-state index in [1.54, 1.807) is 41.2 Å². The fourth-order valence-electron chi connectivity index (χ4n) is 1.94. The molecule has 5 nitrogen and oxygen atoms in total. The normalized spacial score (nSPS) is 11.7. The van der Waals surface area contributed by atoms with Crippen LogP contribution in [0.5, 0.6) is 0 Å². The number of nitrogens with one attached hydrogen (secondary N) is 1. The molecule has 1 aromatic carbocycles. The van der Waals surface area contributed by atoms with E-state index in [4.69, 9.17) is 11.6 Å². The molecule has 0 unspecified atom stereocenters. The lowest BCUT2D eigenvalue weighted by Gasteiger charge is -2.09. The Morgan fingerprint density at radius 2 is 2.05 bits per heavy atom. The molecule has 0 aliphatic heterocycles. The SMILES string of the molecule is Cc1ccc(S(=O)(=O)Nc2ccc3nccn3c2)cc1Cl. The fourth-order valence-corrected chi connectivity index (χ4v) is 3.25. The second-order valence-corrected chi connectivity index (χ2v) is 6.72. The minimum absolute atomic E-state index is 0.129. The van der Waals surface area contributed by atoms with Gasteiger partial charge >= 0.3 is 0 Å². The van der Waals surface area contributed by atoms with Crippen molar-refractivity contribution in [2.75, 3.05) is 4.72 Å². The van der Waals surface area contributed by atoms with Crippen LogP contribution < -0.4 is 4.72 Å². The van der Waals surface area contributed by atoms with Crippen LogP contribution in [0.25, 0.3) is 5.65 Å². The summed E-state index contributed by atoms with van der Waals surface area (Å²) in [5, 5.41) is 0.419. The summed E-state index contributed by atoms with van der Waals surface area (Å²) in [5.41, 5.74) is 2.03. The summed E-state index contributed by atoms with van der Waals surface area (Å²) < 4.78 is 29.0. The Hall–Kier alpha value is -2.05. The van der Waals surface area contributed by atoms with Gasteiger partial charge in [0.2, 0.25) is 0 Å². The molecule has 1 N–H and O–H groups in total. The topological polar surface area (TPSA) is 63.5 Å². The molecule has 3 aromatic rings. The number of rotatable bonds is 3. The standard InChI is InChI=1S/C14H12ClN3O2S/c1-10-2-4-12(8-13(10)15)21(19,20)17-11-3-5-14-16-6-7-18(14)9-11/h2-9,17H,1H3. The van der Waals surface area contributed by atoms with Crippen LogP contribution in [0.1, 0.15) is 5.56 Å². The van der Waals surface area contributed by atoms with Crippen molar-refractivity contribution >= 4 is 33.0 Å². The zero-order chi connectivity index (χ0) is 15.0. The molecule has 0 amide bonds. The Bertz CT molecular complexity index is 919. The Morgan fingerprint density at radius 1 is 1.24 bits per heavy atom. The lowest BCUT2D eigenvalue weighted by atomic mass is 10.2. The lowest BCUT2D eigenvalue weighted by molar-refractivity contribution is 0.601. The van der Waals surface area contributed by atoms with E-state index in [2.05, 4.69) is 9.71 Å². The zero-order valence-electron chi connectivity index (χ0n) is 11.1. The highest BCUT2D eigenvalue weighted by molar-refractivity contribution is 7.92. The van der Waals surface area contributed by atoms with Gasteiger partial charge in [-0.1, -0.05) is 17.7 Å². The average Bonchev–Trinajstić information content (AvgIpc) is 2.88. The third-order valence-electron chi connectivity index (χ3n) is 3.09. The van der Waals surface area contributed by atoms with E-state index in [-0.39, 0.29) is 4.90 Å². The number of hydrogen-bond acceptors (Lipinski definition) is 3. The number of imidazole rings is 1. The molecule has 0 atom stereocenters. The highest BCUT2D eigenvalue weighted by Crippen LogP contribution is 2.22. The third kappa shape index (κ3) is 2.72. The van der Waals surface area contributed by atoms with E-state index in [0.717, 1.165) is 11.2 Å². The lowest BCUT2D eigenvalue weighted by Crippen LogP contribution is -2.13. The van der Waals surface area contributed by atoms with Crippen molar-refractivity contribution in [3.05, 3.63) is 59.5 Å². The number of halogens is 1. The second-order valence-electron chi connectivity index (χ2n) is 4.63. The first-order valence-electron chi connectivity index (χ1n) is 6.17. The van der Waals surface area contributed by atoms with Crippen LogP contribution in [-0.2, 0) is 10.0 Å². The van der Waals surface area contributed by atoms with Gasteiger partial charge in [-0.05, 0) is 36.8 Å². The molecule has 0 aliphatic carbocycles. The summed E-state index contributed by atoms with van der Waals surface area (Å²) in [6, 6.07) is 8.04. The molecule has 7 heteroatoms. The Balaban J connectivity index is 1.96. The van der Waals surface area contributed by atoms with E-state index >= 15 is 0 Å². The van der Waals surface area contributed by atoms with E-state index in [1.165, 1.54) is 12.1 Å². The van der Waals surface area contributed by atoms with Crippen molar-refractivity contribution in [3.8, 4) is 0 Å². The van der Waals surface area contributed by atoms with E-state index in [1.807, 2.05) is 6.92 Å². The minimum atomic E-state index is -3.67. The predicted molar refractivity (Wildman–Crippen MR) is 82.2 cm³/mol. The van der Waals surface area contributed by atoms with Gasteiger partial charge in [-0.25, -0.2) is 13.4 Å². The first kappa shape index (κ1) is 13.9. The van der Waals surface area contributed by atoms with Gasteiger partial charge in [0.05, 0.1) is 10.6 Å². The number of aryl methyl sites for hydroxylation is 1. The molecule has 0 saturated heterocycles. The van der Waals surface area contributed by atoms with Crippen LogP contribution >= 0.6 is 11.6 Å². The maximum Gasteiger partial charge on any atom is 0.261 e. The molecular formula is C14H12ClN3O2S. The van der Waals surface area contributed by atoms with Crippen LogP contribution in [0.15, 0.2) is 53.8 Å². The second kappa shape index (κ2) is 5.05. The van der Waals surface area contributed by atoms with Crippen molar-refractivity contribution in [2.45, 2.75) is 11.8 Å². The molecule has 108 valence electrons. The summed E-state index contributed by atoms with van der Waals surface area (Å²) in [6.07, 6.45) is 5.05. The molecule has 0 bridgehead atoms. The maximum absolute atomic E-state index is 12.3. The molecule has 0 radical (unpaired) electrons. The Labute approximate surface area is 127 Å². The van der Waals surface area contributed by atoms with Gasteiger partial charge < -0.3 is 4.40 Å². The maximum atomic E-state index is 12.3. The molecule has 2 aromatic heterocycles. The molecule has 2 heterocycles. The fraction of sp³-hybridized carbons (Fsp3) is 0.0714. The smallest absolute Gasteiger partial charge is 0.261 e. The van der Waals surface area contributed by atoms with Crippen LogP contribution in [0, 0.1) is 6.92 Å². The summed E-state index contributed by atoms with van der Waals surface area (Å²) in [7, 11) is -3.67. The minimum Gasteiger partial charge on any atom is -0.305 e. The quantitative estimate of drug-likeness (QED) is 0.806. The summed E-state index contributed by atoms with van der Waals surface area (Å²) in [5.74, 6) is 0. The summed E-state index contributed by atoms with van der Waals surface area (Å²) in [4.78, 5) is 4.23. The zero-order valence-corrected chi connectivity index (χ0v) is 12.7. The molecule has 21 heavy (non-hydrogen) atoms. The van der Waals surface area contributed by atoms with Gasteiger partial charge in [-0.15, -0.1) is 0 Å². The number of nitrogens with zero attached hydrogens (tertiary/aromatic N) is 2.